The zero-order chi connectivity index (χ0) is 22.9. The van der Waals surface area contributed by atoms with Gasteiger partial charge in [-0.1, -0.05) is 37.3 Å². The molecule has 1 saturated heterocycles. The summed E-state index contributed by atoms with van der Waals surface area (Å²) in [6.45, 7) is 5.63. The quantitative estimate of drug-likeness (QED) is 0.421. The standard InChI is InChI=1S/C23H29IN2O4S2/c1-14(2)20-21(24)31-23(25-20)26-22(27)19(13-15-9-11-30-12-10-15)16-3-5-17(6-4-16)32(28,29)18-7-8-18/h3-6,14-15,18-19H,7-13H2,1-2H3,(H,25,26,27). The second-order valence-corrected chi connectivity index (χ2v) is 14.0. The van der Waals surface area contributed by atoms with Crippen LogP contribution in [0.25, 0.3) is 0 Å². The van der Waals surface area contributed by atoms with Gasteiger partial charge in [0, 0.05) is 13.2 Å². The molecule has 1 saturated carbocycles. The Morgan fingerprint density at radius 2 is 1.84 bits per heavy atom. The van der Waals surface area contributed by atoms with Crippen LogP contribution in [-0.2, 0) is 19.4 Å². The highest BCUT2D eigenvalue weighted by Gasteiger charge is 2.37. The van der Waals surface area contributed by atoms with E-state index in [-0.39, 0.29) is 17.1 Å². The molecule has 1 aromatic carbocycles. The molecule has 174 valence electrons. The number of sulfone groups is 1. The molecule has 2 fully saturated rings. The Balaban J connectivity index is 1.56. The van der Waals surface area contributed by atoms with Gasteiger partial charge >= 0.3 is 0 Å². The molecule has 9 heteroatoms. The van der Waals surface area contributed by atoms with Crippen LogP contribution >= 0.6 is 33.9 Å². The molecule has 0 bridgehead atoms. The van der Waals surface area contributed by atoms with Crippen LogP contribution in [0.5, 0.6) is 0 Å². The first kappa shape index (κ1) is 24.1. The third kappa shape index (κ3) is 5.53. The molecular formula is C23H29IN2O4S2. The number of ether oxygens (including phenoxy) is 1. The van der Waals surface area contributed by atoms with Crippen LogP contribution in [0.15, 0.2) is 29.2 Å². The highest BCUT2D eigenvalue weighted by Crippen LogP contribution is 2.36. The van der Waals surface area contributed by atoms with E-state index in [1.807, 2.05) is 12.1 Å². The Morgan fingerprint density at radius 1 is 1.19 bits per heavy atom. The van der Waals surface area contributed by atoms with Gasteiger partial charge in [0.15, 0.2) is 15.0 Å². The van der Waals surface area contributed by atoms with E-state index in [4.69, 9.17) is 4.74 Å². The Morgan fingerprint density at radius 3 is 2.41 bits per heavy atom. The SMILES string of the molecule is CC(C)c1nc(NC(=O)C(CC2CCOCC2)c2ccc(S(=O)(=O)C3CC3)cc2)sc1I. The summed E-state index contributed by atoms with van der Waals surface area (Å²) < 4.78 is 31.7. The zero-order valence-corrected chi connectivity index (χ0v) is 22.1. The molecule has 1 amide bonds. The third-order valence-corrected chi connectivity index (χ3v) is 10.5. The van der Waals surface area contributed by atoms with Crippen LogP contribution in [0.3, 0.4) is 0 Å². The first-order valence-corrected chi connectivity index (χ1v) is 14.6. The molecule has 32 heavy (non-hydrogen) atoms. The van der Waals surface area contributed by atoms with Crippen LogP contribution in [-0.4, -0.2) is 37.8 Å². The number of hydrogen-bond donors (Lipinski definition) is 1. The minimum atomic E-state index is -3.24. The van der Waals surface area contributed by atoms with Gasteiger partial charge < -0.3 is 10.1 Å². The van der Waals surface area contributed by atoms with E-state index in [0.717, 1.165) is 53.0 Å². The van der Waals surface area contributed by atoms with Gasteiger partial charge in [-0.25, -0.2) is 13.4 Å². The predicted octanol–water partition coefficient (Wildman–Crippen LogP) is 5.35. The van der Waals surface area contributed by atoms with E-state index < -0.39 is 9.84 Å². The lowest BCUT2D eigenvalue weighted by Crippen LogP contribution is -2.26. The van der Waals surface area contributed by atoms with Gasteiger partial charge in [-0.3, -0.25) is 4.79 Å². The van der Waals surface area contributed by atoms with E-state index in [2.05, 4.69) is 46.7 Å². The van der Waals surface area contributed by atoms with Crippen LogP contribution < -0.4 is 5.32 Å². The second-order valence-electron chi connectivity index (χ2n) is 8.98. The minimum Gasteiger partial charge on any atom is -0.381 e. The fourth-order valence-electron chi connectivity index (χ4n) is 4.09. The smallest absolute Gasteiger partial charge is 0.233 e. The van der Waals surface area contributed by atoms with Gasteiger partial charge in [0.1, 0.15) is 0 Å². The maximum atomic E-state index is 13.4. The summed E-state index contributed by atoms with van der Waals surface area (Å²) in [7, 11) is -3.24. The molecule has 1 aliphatic carbocycles. The molecule has 1 aliphatic heterocycles. The topological polar surface area (TPSA) is 85.4 Å². The summed E-state index contributed by atoms with van der Waals surface area (Å²) in [5, 5.41) is 3.41. The molecule has 4 rings (SSSR count). The lowest BCUT2D eigenvalue weighted by molar-refractivity contribution is -0.118. The maximum absolute atomic E-state index is 13.4. The number of nitrogens with zero attached hydrogens (tertiary/aromatic N) is 1. The van der Waals surface area contributed by atoms with E-state index in [9.17, 15) is 13.2 Å². The molecule has 1 N–H and O–H groups in total. The maximum Gasteiger partial charge on any atom is 0.233 e. The van der Waals surface area contributed by atoms with E-state index in [1.54, 1.807) is 12.1 Å². The molecule has 2 heterocycles. The van der Waals surface area contributed by atoms with E-state index in [0.29, 0.717) is 28.3 Å². The second kappa shape index (κ2) is 10.1. The molecular weight excluding hydrogens is 559 g/mol. The first-order chi connectivity index (χ1) is 15.3. The summed E-state index contributed by atoms with van der Waals surface area (Å²) in [5.74, 6) is 0.245. The number of aromatic nitrogens is 1. The van der Waals surface area contributed by atoms with Gasteiger partial charge in [0.25, 0.3) is 0 Å². The van der Waals surface area contributed by atoms with Crippen molar-refractivity contribution in [1.82, 2.24) is 4.98 Å². The average molecular weight is 589 g/mol. The summed E-state index contributed by atoms with van der Waals surface area (Å²) >= 11 is 3.76. The third-order valence-electron chi connectivity index (χ3n) is 6.19. The van der Waals surface area contributed by atoms with Gasteiger partial charge in [0.05, 0.1) is 24.6 Å². The van der Waals surface area contributed by atoms with Crippen molar-refractivity contribution in [2.24, 2.45) is 5.92 Å². The number of carbonyl (C=O) groups is 1. The van der Waals surface area contributed by atoms with E-state index in [1.165, 1.54) is 11.3 Å². The number of anilines is 1. The molecule has 1 atom stereocenters. The lowest BCUT2D eigenvalue weighted by Gasteiger charge is -2.26. The largest absolute Gasteiger partial charge is 0.381 e. The Bertz CT molecular complexity index is 1060. The van der Waals surface area contributed by atoms with Gasteiger partial charge in [-0.05, 0) is 84.2 Å². The van der Waals surface area contributed by atoms with Crippen molar-refractivity contribution >= 4 is 54.8 Å². The number of nitrogens with one attached hydrogen (secondary N) is 1. The normalized spacial score (nSPS) is 18.6. The molecule has 1 aromatic heterocycles. The summed E-state index contributed by atoms with van der Waals surface area (Å²) in [5.41, 5.74) is 1.85. The number of thiazole rings is 1. The van der Waals surface area contributed by atoms with Crippen molar-refractivity contribution in [3.8, 4) is 0 Å². The van der Waals surface area contributed by atoms with Crippen LogP contribution in [0.2, 0.25) is 0 Å². The number of carbonyl (C=O) groups excluding carboxylic acids is 1. The van der Waals surface area contributed by atoms with Gasteiger partial charge in [-0.2, -0.15) is 0 Å². The number of halogens is 1. The fraction of sp³-hybridized carbons (Fsp3) is 0.565. The van der Waals surface area contributed by atoms with Gasteiger partial charge in [-0.15, -0.1) is 0 Å². The number of benzene rings is 1. The van der Waals surface area contributed by atoms with Crippen LogP contribution in [0.4, 0.5) is 5.13 Å². The molecule has 2 aromatic rings. The summed E-state index contributed by atoms with van der Waals surface area (Å²) in [6.07, 6.45) is 4.06. The molecule has 1 unspecified atom stereocenters. The van der Waals surface area contributed by atoms with Crippen molar-refractivity contribution in [2.75, 3.05) is 18.5 Å². The monoisotopic (exact) mass is 588 g/mol. The van der Waals surface area contributed by atoms with Crippen LogP contribution in [0, 0.1) is 8.80 Å². The van der Waals surface area contributed by atoms with Crippen molar-refractivity contribution in [1.29, 1.82) is 0 Å². The minimum absolute atomic E-state index is 0.0882. The Kier molecular flexibility index (Phi) is 7.58. The van der Waals surface area contributed by atoms with E-state index >= 15 is 0 Å². The molecule has 0 radical (unpaired) electrons. The van der Waals surface area contributed by atoms with Crippen molar-refractivity contribution < 1.29 is 17.9 Å². The number of hydrogen-bond acceptors (Lipinski definition) is 6. The summed E-state index contributed by atoms with van der Waals surface area (Å²) in [6, 6.07) is 6.95. The highest BCUT2D eigenvalue weighted by molar-refractivity contribution is 14.1. The zero-order valence-electron chi connectivity index (χ0n) is 18.3. The number of amides is 1. The Hall–Kier alpha value is -1.04. The lowest BCUT2D eigenvalue weighted by atomic mass is 9.84. The fourth-order valence-corrected chi connectivity index (χ4v) is 7.96. The van der Waals surface area contributed by atoms with Crippen LogP contribution in [0.1, 0.15) is 69.0 Å². The first-order valence-electron chi connectivity index (χ1n) is 11.1. The highest BCUT2D eigenvalue weighted by atomic mass is 127. The average Bonchev–Trinajstić information content (AvgIpc) is 3.57. The number of rotatable bonds is 8. The summed E-state index contributed by atoms with van der Waals surface area (Å²) in [4.78, 5) is 18.4. The van der Waals surface area contributed by atoms with Crippen molar-refractivity contribution in [3.63, 3.8) is 0 Å². The predicted molar refractivity (Wildman–Crippen MR) is 135 cm³/mol. The molecule has 6 nitrogen and oxygen atoms in total. The van der Waals surface area contributed by atoms with Gasteiger partial charge in [0.2, 0.25) is 5.91 Å². The molecule has 2 aliphatic rings. The van der Waals surface area contributed by atoms with Crippen molar-refractivity contribution in [2.45, 2.75) is 67.9 Å². The Labute approximate surface area is 207 Å². The van der Waals surface area contributed by atoms with Crippen molar-refractivity contribution in [3.05, 3.63) is 38.4 Å². The molecule has 0 spiro atoms.